The van der Waals surface area contributed by atoms with Crippen molar-refractivity contribution in [2.45, 2.75) is 36.7 Å². The zero-order chi connectivity index (χ0) is 24.8. The molecule has 34 heavy (non-hydrogen) atoms. The molecular weight excluding hydrogens is 465 g/mol. The highest BCUT2D eigenvalue weighted by Gasteiger charge is 2.46. The third-order valence-electron chi connectivity index (χ3n) is 6.18. The first-order chi connectivity index (χ1) is 15.9. The molecule has 7 nitrogen and oxygen atoms in total. The maximum atomic E-state index is 14.5. The van der Waals surface area contributed by atoms with Crippen LogP contribution in [-0.2, 0) is 33.4 Å². The lowest BCUT2D eigenvalue weighted by molar-refractivity contribution is -0.147. The van der Waals surface area contributed by atoms with E-state index in [2.05, 4.69) is 10.6 Å². The van der Waals surface area contributed by atoms with Crippen LogP contribution in [0.2, 0.25) is 10.2 Å². The van der Waals surface area contributed by atoms with Crippen molar-refractivity contribution in [3.8, 4) is 0 Å². The first-order valence-corrected chi connectivity index (χ1v) is 11.0. The van der Waals surface area contributed by atoms with Crippen LogP contribution in [0.15, 0.2) is 42.5 Å². The predicted molar refractivity (Wildman–Crippen MR) is 125 cm³/mol. The van der Waals surface area contributed by atoms with Gasteiger partial charge in [-0.05, 0) is 41.0 Å². The number of halogens is 3. The molecule has 4 rings (SSSR count). The Hall–Kier alpha value is -3.20. The van der Waals surface area contributed by atoms with Gasteiger partial charge in [0.1, 0.15) is 21.7 Å². The summed E-state index contributed by atoms with van der Waals surface area (Å²) in [5.74, 6) is -6.45. The Morgan fingerprint density at radius 3 is 2.53 bits per heavy atom. The van der Waals surface area contributed by atoms with E-state index in [-0.39, 0.29) is 36.3 Å². The van der Waals surface area contributed by atoms with Gasteiger partial charge in [0.25, 0.3) is 11.8 Å². The standard InChI is InChI=1S/C22H20B2ClF2N3O4/c23-21(24)8-16(17(31)29-19(21)33)30-10-12-7-11(1-6-15(12)18(30)32)9-28-20(34)22(26,27)13-2-4-14(25)5-3-13/h1-7,16H,8-10,23-24H2,(H,28,34)(H,29,31,33). The van der Waals surface area contributed by atoms with Crippen molar-refractivity contribution in [3.63, 3.8) is 0 Å². The Labute approximate surface area is 201 Å². The molecule has 2 aromatic carbocycles. The van der Waals surface area contributed by atoms with Gasteiger partial charge >= 0.3 is 5.92 Å². The van der Waals surface area contributed by atoms with Gasteiger partial charge < -0.3 is 10.2 Å². The Kier molecular flexibility index (Phi) is 6.01. The lowest BCUT2D eigenvalue weighted by Gasteiger charge is -2.37. The lowest BCUT2D eigenvalue weighted by atomic mass is 9.50. The van der Waals surface area contributed by atoms with Crippen LogP contribution in [0.3, 0.4) is 0 Å². The molecule has 0 spiro atoms. The number of benzene rings is 2. The molecule has 0 saturated carbocycles. The van der Waals surface area contributed by atoms with Crippen LogP contribution in [0.1, 0.15) is 33.5 Å². The minimum Gasteiger partial charge on any atom is -0.346 e. The van der Waals surface area contributed by atoms with Crippen molar-refractivity contribution in [1.82, 2.24) is 15.5 Å². The quantitative estimate of drug-likeness (QED) is 0.477. The topological polar surface area (TPSA) is 95.6 Å². The van der Waals surface area contributed by atoms with Gasteiger partial charge in [0.15, 0.2) is 0 Å². The van der Waals surface area contributed by atoms with Crippen molar-refractivity contribution < 1.29 is 28.0 Å². The zero-order valence-corrected chi connectivity index (χ0v) is 19.2. The number of piperidine rings is 1. The molecule has 0 aliphatic carbocycles. The number of nitrogens with one attached hydrogen (secondary N) is 2. The Morgan fingerprint density at radius 2 is 1.85 bits per heavy atom. The largest absolute Gasteiger partial charge is 0.349 e. The maximum Gasteiger partial charge on any atom is 0.349 e. The van der Waals surface area contributed by atoms with Gasteiger partial charge in [-0.25, -0.2) is 0 Å². The van der Waals surface area contributed by atoms with E-state index in [1.54, 1.807) is 33.9 Å². The first kappa shape index (κ1) is 23.9. The van der Waals surface area contributed by atoms with E-state index in [0.29, 0.717) is 16.7 Å². The fourth-order valence-corrected chi connectivity index (χ4v) is 4.25. The Morgan fingerprint density at radius 1 is 1.18 bits per heavy atom. The number of imide groups is 1. The van der Waals surface area contributed by atoms with Crippen molar-refractivity contribution in [3.05, 3.63) is 69.7 Å². The van der Waals surface area contributed by atoms with E-state index < -0.39 is 34.6 Å². The molecule has 174 valence electrons. The number of hydrogen-bond donors (Lipinski definition) is 2. The first-order valence-electron chi connectivity index (χ1n) is 10.6. The molecule has 1 fully saturated rings. The molecule has 1 atom stereocenters. The minimum absolute atomic E-state index is 0.138. The molecular formula is C22H20B2ClF2N3O4. The average Bonchev–Trinajstić information content (AvgIpc) is 3.10. The van der Waals surface area contributed by atoms with Gasteiger partial charge in [0.05, 0.1) is 0 Å². The summed E-state index contributed by atoms with van der Waals surface area (Å²) in [4.78, 5) is 50.9. The van der Waals surface area contributed by atoms with E-state index in [0.717, 1.165) is 12.1 Å². The Bertz CT molecular complexity index is 1210. The van der Waals surface area contributed by atoms with Gasteiger partial charge in [-0.2, -0.15) is 8.78 Å². The average molecular weight is 485 g/mol. The second-order valence-electron chi connectivity index (χ2n) is 9.11. The van der Waals surface area contributed by atoms with E-state index in [1.165, 1.54) is 17.0 Å². The highest BCUT2D eigenvalue weighted by molar-refractivity contribution is 6.52. The highest BCUT2D eigenvalue weighted by Crippen LogP contribution is 2.34. The number of fused-ring (bicyclic) bond motifs is 1. The monoisotopic (exact) mass is 485 g/mol. The van der Waals surface area contributed by atoms with Crippen molar-refractivity contribution in [2.24, 2.45) is 0 Å². The molecule has 2 heterocycles. The number of amides is 4. The number of rotatable bonds is 5. The normalized spacial score (nSPS) is 19.6. The van der Waals surface area contributed by atoms with Crippen LogP contribution in [0.25, 0.3) is 0 Å². The third kappa shape index (κ3) is 4.32. The van der Waals surface area contributed by atoms with Crippen LogP contribution in [0.5, 0.6) is 0 Å². The number of carbonyl (C=O) groups excluding carboxylic acids is 4. The van der Waals surface area contributed by atoms with Gasteiger partial charge in [-0.15, -0.1) is 0 Å². The van der Waals surface area contributed by atoms with Crippen LogP contribution in [-0.4, -0.2) is 50.3 Å². The van der Waals surface area contributed by atoms with Crippen molar-refractivity contribution in [1.29, 1.82) is 0 Å². The van der Waals surface area contributed by atoms with Crippen LogP contribution < -0.4 is 10.6 Å². The number of nitrogens with zero attached hydrogens (tertiary/aromatic N) is 1. The third-order valence-corrected chi connectivity index (χ3v) is 6.43. The van der Waals surface area contributed by atoms with E-state index in [1.807, 2.05) is 0 Å². The van der Waals surface area contributed by atoms with E-state index in [9.17, 15) is 28.0 Å². The molecule has 0 radical (unpaired) electrons. The van der Waals surface area contributed by atoms with Gasteiger partial charge in [0.2, 0.25) is 11.8 Å². The molecule has 2 aliphatic heterocycles. The van der Waals surface area contributed by atoms with Crippen molar-refractivity contribution >= 4 is 50.9 Å². The maximum absolute atomic E-state index is 14.5. The molecule has 12 heteroatoms. The molecule has 0 bridgehead atoms. The van der Waals surface area contributed by atoms with E-state index >= 15 is 0 Å². The highest BCUT2D eigenvalue weighted by atomic mass is 35.5. The van der Waals surface area contributed by atoms with Crippen LogP contribution in [0, 0.1) is 0 Å². The second kappa shape index (κ2) is 8.54. The zero-order valence-electron chi connectivity index (χ0n) is 18.5. The summed E-state index contributed by atoms with van der Waals surface area (Å²) in [7, 11) is 3.41. The van der Waals surface area contributed by atoms with Crippen LogP contribution in [0.4, 0.5) is 8.78 Å². The molecule has 0 aromatic heterocycles. The molecule has 1 saturated heterocycles. The molecule has 4 amide bonds. The molecule has 2 N–H and O–H groups in total. The summed E-state index contributed by atoms with van der Waals surface area (Å²) >= 11 is 5.72. The van der Waals surface area contributed by atoms with Crippen LogP contribution >= 0.6 is 11.6 Å². The van der Waals surface area contributed by atoms with Crippen molar-refractivity contribution in [2.75, 3.05) is 0 Å². The van der Waals surface area contributed by atoms with Gasteiger partial charge in [0, 0.05) is 29.2 Å². The summed E-state index contributed by atoms with van der Waals surface area (Å²) in [6.07, 6.45) is 0.195. The summed E-state index contributed by atoms with van der Waals surface area (Å²) in [6.45, 7) is -0.0336. The molecule has 2 aliphatic rings. The Balaban J connectivity index is 1.45. The van der Waals surface area contributed by atoms with Gasteiger partial charge in [-0.3, -0.25) is 24.5 Å². The van der Waals surface area contributed by atoms with E-state index in [4.69, 9.17) is 11.6 Å². The summed E-state index contributed by atoms with van der Waals surface area (Å²) in [6, 6.07) is 8.71. The minimum atomic E-state index is -3.74. The SMILES string of the molecule is BC1(B)CC(N2Cc3cc(CNC(=O)C(F)(F)c4ccc(Cl)cc4)ccc3C2=O)C(=O)NC1=O. The van der Waals surface area contributed by atoms with Gasteiger partial charge in [-0.1, -0.05) is 35.9 Å². The lowest BCUT2D eigenvalue weighted by Crippen LogP contribution is -2.58. The number of carbonyl (C=O) groups is 4. The summed E-state index contributed by atoms with van der Waals surface area (Å²) in [5.41, 5.74) is 1.06. The second-order valence-corrected chi connectivity index (χ2v) is 9.55. The summed E-state index contributed by atoms with van der Waals surface area (Å²) in [5, 5.41) is 4.02. The fourth-order valence-electron chi connectivity index (χ4n) is 4.13. The smallest absolute Gasteiger partial charge is 0.346 e. The fraction of sp³-hybridized carbons (Fsp3) is 0.273. The predicted octanol–water partition coefficient (Wildman–Crippen LogP) is 0.501. The molecule has 1 unspecified atom stereocenters. The summed E-state index contributed by atoms with van der Waals surface area (Å²) < 4.78 is 28.9. The number of alkyl halides is 2. The molecule has 2 aromatic rings. The number of hydrogen-bond acceptors (Lipinski definition) is 4.